The number of nitrogens with zero attached hydrogens (tertiary/aromatic N) is 1. The molecule has 0 amide bonds. The van der Waals surface area contributed by atoms with Crippen LogP contribution < -0.4 is 0 Å². The fourth-order valence-electron chi connectivity index (χ4n) is 2.35. The van der Waals surface area contributed by atoms with Crippen LogP contribution in [-0.2, 0) is 4.52 Å². The van der Waals surface area contributed by atoms with Crippen LogP contribution in [0.25, 0.3) is 0 Å². The lowest BCUT2D eigenvalue weighted by Crippen LogP contribution is -2.29. The fourth-order valence-corrected chi connectivity index (χ4v) is 4.66. The Hall–Kier alpha value is -0.0800. The van der Waals surface area contributed by atoms with Gasteiger partial charge in [0.2, 0.25) is 0 Å². The van der Waals surface area contributed by atoms with Crippen LogP contribution >= 0.6 is 20.7 Å². The zero-order valence-corrected chi connectivity index (χ0v) is 11.0. The number of fused-ring (bicyclic) bond motifs is 1. The van der Waals surface area contributed by atoms with E-state index in [-0.39, 0.29) is 0 Å². The van der Waals surface area contributed by atoms with E-state index in [1.54, 1.807) is 0 Å². The SMILES string of the molecule is c1ccc(SCC2OPN3CCCC23)cc1. The van der Waals surface area contributed by atoms with E-state index in [0.29, 0.717) is 21.1 Å². The standard InChI is InChI=1S/C12H16NOPS/c1-2-5-10(6-3-1)16-9-12-11-7-4-8-13(11)15-14-12/h1-3,5-6,11-12,15H,4,7-9H2. The Balaban J connectivity index is 1.56. The molecule has 1 aromatic carbocycles. The molecule has 86 valence electrons. The van der Waals surface area contributed by atoms with Gasteiger partial charge >= 0.3 is 0 Å². The summed E-state index contributed by atoms with van der Waals surface area (Å²) >= 11 is 1.92. The van der Waals surface area contributed by atoms with Gasteiger partial charge in [-0.15, -0.1) is 11.8 Å². The minimum Gasteiger partial charge on any atom is -0.341 e. The summed E-state index contributed by atoms with van der Waals surface area (Å²) in [6.45, 7) is 1.25. The van der Waals surface area contributed by atoms with E-state index in [1.165, 1.54) is 24.3 Å². The van der Waals surface area contributed by atoms with Gasteiger partial charge in [-0.25, -0.2) is 0 Å². The molecule has 1 aromatic rings. The highest BCUT2D eigenvalue weighted by molar-refractivity contribution is 7.99. The Morgan fingerprint density at radius 1 is 1.38 bits per heavy atom. The first-order valence-electron chi connectivity index (χ1n) is 5.79. The van der Waals surface area contributed by atoms with Crippen LogP contribution in [0, 0.1) is 0 Å². The zero-order valence-electron chi connectivity index (χ0n) is 9.13. The molecule has 2 heterocycles. The average Bonchev–Trinajstić information content (AvgIpc) is 2.90. The van der Waals surface area contributed by atoms with E-state index in [2.05, 4.69) is 35.0 Å². The molecule has 3 rings (SSSR count). The topological polar surface area (TPSA) is 12.5 Å². The van der Waals surface area contributed by atoms with Crippen molar-refractivity contribution in [3.05, 3.63) is 30.3 Å². The van der Waals surface area contributed by atoms with Crippen LogP contribution in [-0.4, -0.2) is 29.1 Å². The Bertz CT molecular complexity index is 348. The molecule has 2 aliphatic rings. The van der Waals surface area contributed by atoms with Crippen LogP contribution in [0.2, 0.25) is 0 Å². The first kappa shape index (κ1) is 11.0. The van der Waals surface area contributed by atoms with Gasteiger partial charge in [-0.1, -0.05) is 18.2 Å². The van der Waals surface area contributed by atoms with Gasteiger partial charge in [-0.3, -0.25) is 4.67 Å². The second-order valence-electron chi connectivity index (χ2n) is 4.27. The second kappa shape index (κ2) is 5.05. The molecule has 0 aliphatic carbocycles. The van der Waals surface area contributed by atoms with Gasteiger partial charge in [0.15, 0.2) is 0 Å². The van der Waals surface area contributed by atoms with E-state index in [9.17, 15) is 0 Å². The normalized spacial score (nSPS) is 31.0. The maximum Gasteiger partial charge on any atom is 0.0898 e. The minimum atomic E-state index is 0.450. The van der Waals surface area contributed by atoms with Crippen molar-refractivity contribution in [3.63, 3.8) is 0 Å². The molecule has 0 saturated carbocycles. The van der Waals surface area contributed by atoms with Gasteiger partial charge in [0.25, 0.3) is 0 Å². The molecule has 2 aliphatic heterocycles. The third-order valence-corrected chi connectivity index (χ3v) is 5.51. The number of hydrogen-bond acceptors (Lipinski definition) is 3. The molecular formula is C12H16NOPS. The lowest BCUT2D eigenvalue weighted by Gasteiger charge is -2.16. The van der Waals surface area contributed by atoms with Gasteiger partial charge in [0.05, 0.1) is 15.1 Å². The van der Waals surface area contributed by atoms with Gasteiger partial charge in [-0.2, -0.15) is 0 Å². The van der Waals surface area contributed by atoms with Crippen molar-refractivity contribution in [2.24, 2.45) is 0 Å². The lowest BCUT2D eigenvalue weighted by molar-refractivity contribution is 0.238. The summed E-state index contributed by atoms with van der Waals surface area (Å²) < 4.78 is 8.38. The summed E-state index contributed by atoms with van der Waals surface area (Å²) in [5.41, 5.74) is 0. The first-order chi connectivity index (χ1) is 7.93. The van der Waals surface area contributed by atoms with E-state index in [0.717, 1.165) is 5.75 Å². The number of benzene rings is 1. The van der Waals surface area contributed by atoms with E-state index < -0.39 is 0 Å². The number of hydrogen-bond donors (Lipinski definition) is 0. The van der Waals surface area contributed by atoms with Crippen LogP contribution in [0.5, 0.6) is 0 Å². The Kier molecular flexibility index (Phi) is 3.49. The maximum atomic E-state index is 5.87. The quantitative estimate of drug-likeness (QED) is 0.606. The van der Waals surface area contributed by atoms with Gasteiger partial charge < -0.3 is 4.52 Å². The molecule has 0 radical (unpaired) electrons. The summed E-state index contributed by atoms with van der Waals surface area (Å²) in [6.07, 6.45) is 3.13. The molecular weight excluding hydrogens is 237 g/mol. The summed E-state index contributed by atoms with van der Waals surface area (Å²) in [7, 11) is 0.610. The minimum absolute atomic E-state index is 0.450. The van der Waals surface area contributed by atoms with E-state index in [4.69, 9.17) is 4.52 Å². The molecule has 3 atom stereocenters. The van der Waals surface area contributed by atoms with Gasteiger partial charge in [0, 0.05) is 23.2 Å². The van der Waals surface area contributed by atoms with Gasteiger partial charge in [-0.05, 0) is 25.0 Å². The maximum absolute atomic E-state index is 5.87. The van der Waals surface area contributed by atoms with Crippen molar-refractivity contribution in [2.45, 2.75) is 29.9 Å². The molecule has 2 fully saturated rings. The summed E-state index contributed by atoms with van der Waals surface area (Å²) in [5.74, 6) is 1.10. The smallest absolute Gasteiger partial charge is 0.0898 e. The van der Waals surface area contributed by atoms with Crippen LogP contribution in [0.1, 0.15) is 12.8 Å². The predicted molar refractivity (Wildman–Crippen MR) is 70.1 cm³/mol. The highest BCUT2D eigenvalue weighted by atomic mass is 32.2. The van der Waals surface area contributed by atoms with E-state index in [1.807, 2.05) is 11.8 Å². The Labute approximate surface area is 103 Å². The monoisotopic (exact) mass is 253 g/mol. The number of rotatable bonds is 3. The van der Waals surface area contributed by atoms with Gasteiger partial charge in [0.1, 0.15) is 0 Å². The molecule has 4 heteroatoms. The molecule has 16 heavy (non-hydrogen) atoms. The molecule has 3 unspecified atom stereocenters. The van der Waals surface area contributed by atoms with E-state index >= 15 is 0 Å². The molecule has 2 nitrogen and oxygen atoms in total. The number of thioether (sulfide) groups is 1. The molecule has 0 spiro atoms. The van der Waals surface area contributed by atoms with Crippen molar-refractivity contribution >= 4 is 20.7 Å². The van der Waals surface area contributed by atoms with Crippen LogP contribution in [0.3, 0.4) is 0 Å². The largest absolute Gasteiger partial charge is 0.341 e. The summed E-state index contributed by atoms with van der Waals surface area (Å²) in [6, 6.07) is 11.3. The fraction of sp³-hybridized carbons (Fsp3) is 0.500. The first-order valence-corrected chi connectivity index (χ1v) is 7.63. The van der Waals surface area contributed by atoms with Crippen molar-refractivity contribution in [1.82, 2.24) is 4.67 Å². The highest BCUT2D eigenvalue weighted by Crippen LogP contribution is 2.43. The third kappa shape index (κ3) is 2.28. The van der Waals surface area contributed by atoms with Crippen molar-refractivity contribution in [3.8, 4) is 0 Å². The molecule has 0 bridgehead atoms. The van der Waals surface area contributed by atoms with Crippen molar-refractivity contribution < 1.29 is 4.52 Å². The summed E-state index contributed by atoms with van der Waals surface area (Å²) in [5, 5.41) is 0. The van der Waals surface area contributed by atoms with Crippen molar-refractivity contribution in [1.29, 1.82) is 0 Å². The Morgan fingerprint density at radius 2 is 2.25 bits per heavy atom. The third-order valence-electron chi connectivity index (χ3n) is 3.21. The van der Waals surface area contributed by atoms with Crippen LogP contribution in [0.15, 0.2) is 35.2 Å². The van der Waals surface area contributed by atoms with Crippen LogP contribution in [0.4, 0.5) is 0 Å². The molecule has 2 saturated heterocycles. The molecule has 0 N–H and O–H groups in total. The molecule has 0 aromatic heterocycles. The van der Waals surface area contributed by atoms with Crippen molar-refractivity contribution in [2.75, 3.05) is 12.3 Å². The Morgan fingerprint density at radius 3 is 3.12 bits per heavy atom. The average molecular weight is 253 g/mol. The predicted octanol–water partition coefficient (Wildman–Crippen LogP) is 3.15. The highest BCUT2D eigenvalue weighted by Gasteiger charge is 2.38. The summed E-state index contributed by atoms with van der Waals surface area (Å²) in [4.78, 5) is 1.35. The lowest BCUT2D eigenvalue weighted by atomic mass is 10.1. The zero-order chi connectivity index (χ0) is 10.8. The second-order valence-corrected chi connectivity index (χ2v) is 6.36.